The molecule has 4 heteroatoms. The molecule has 2 nitrogen and oxygen atoms in total. The van der Waals surface area contributed by atoms with Gasteiger partial charge in [-0.2, -0.15) is 0 Å². The van der Waals surface area contributed by atoms with E-state index in [-0.39, 0.29) is 19.0 Å². The Bertz CT molecular complexity index is 659. The molecular weight excluding hydrogens is 279 g/mol. The van der Waals surface area contributed by atoms with Crippen LogP contribution in [0.2, 0.25) is 5.02 Å². The summed E-state index contributed by atoms with van der Waals surface area (Å²) in [4.78, 5) is 0. The fourth-order valence-electron chi connectivity index (χ4n) is 1.64. The molecule has 0 aliphatic rings. The van der Waals surface area contributed by atoms with E-state index in [9.17, 15) is 4.39 Å². The monoisotopic (exact) mass is 290 g/mol. The lowest BCUT2D eigenvalue weighted by Gasteiger charge is -2.09. The minimum Gasteiger partial charge on any atom is -0.487 e. The SMILES string of the molecule is OCC#Cc1ccccc1OCc1cc(Cl)ccc1F. The van der Waals surface area contributed by atoms with E-state index in [1.807, 2.05) is 6.07 Å². The van der Waals surface area contributed by atoms with Crippen molar-refractivity contribution in [3.05, 3.63) is 64.4 Å². The Balaban J connectivity index is 2.17. The second kappa shape index (κ2) is 6.95. The maximum Gasteiger partial charge on any atom is 0.135 e. The molecular formula is C16H12ClFO2. The first kappa shape index (κ1) is 14.4. The van der Waals surface area contributed by atoms with Crippen molar-refractivity contribution in [1.29, 1.82) is 0 Å². The Morgan fingerprint density at radius 3 is 2.80 bits per heavy atom. The van der Waals surface area contributed by atoms with Crippen molar-refractivity contribution in [2.75, 3.05) is 6.61 Å². The molecule has 0 amide bonds. The summed E-state index contributed by atoms with van der Waals surface area (Å²) >= 11 is 5.83. The van der Waals surface area contributed by atoms with E-state index in [2.05, 4.69) is 11.8 Å². The van der Waals surface area contributed by atoms with Crippen LogP contribution in [0.4, 0.5) is 4.39 Å². The van der Waals surface area contributed by atoms with E-state index < -0.39 is 0 Å². The van der Waals surface area contributed by atoms with Gasteiger partial charge in [0, 0.05) is 10.6 Å². The zero-order valence-corrected chi connectivity index (χ0v) is 11.3. The van der Waals surface area contributed by atoms with Gasteiger partial charge in [-0.25, -0.2) is 4.39 Å². The molecule has 0 atom stereocenters. The number of halogens is 2. The molecule has 2 aromatic rings. The number of rotatable bonds is 3. The predicted octanol–water partition coefficient (Wildman–Crippen LogP) is 3.40. The first-order valence-electron chi connectivity index (χ1n) is 5.96. The Kier molecular flexibility index (Phi) is 5.00. The van der Waals surface area contributed by atoms with Crippen molar-refractivity contribution in [3.63, 3.8) is 0 Å². The summed E-state index contributed by atoms with van der Waals surface area (Å²) in [5.41, 5.74) is 1.02. The molecule has 0 saturated carbocycles. The fraction of sp³-hybridized carbons (Fsp3) is 0.125. The second-order valence-corrected chi connectivity index (χ2v) is 4.42. The van der Waals surface area contributed by atoms with E-state index in [1.165, 1.54) is 18.2 Å². The summed E-state index contributed by atoms with van der Waals surface area (Å²) in [7, 11) is 0. The molecule has 1 N–H and O–H groups in total. The van der Waals surface area contributed by atoms with Gasteiger partial charge in [-0.15, -0.1) is 0 Å². The fourth-order valence-corrected chi connectivity index (χ4v) is 1.83. The zero-order chi connectivity index (χ0) is 14.4. The van der Waals surface area contributed by atoms with E-state index in [0.717, 1.165) is 0 Å². The van der Waals surface area contributed by atoms with E-state index in [4.69, 9.17) is 21.4 Å². The quantitative estimate of drug-likeness (QED) is 0.878. The molecule has 20 heavy (non-hydrogen) atoms. The molecule has 0 radical (unpaired) electrons. The standard InChI is InChI=1S/C16H12ClFO2/c17-14-7-8-15(18)13(10-14)11-20-16-6-2-1-4-12(16)5-3-9-19/h1-2,4,6-8,10,19H,9,11H2. The minimum absolute atomic E-state index is 0.0597. The molecule has 0 spiro atoms. The first-order chi connectivity index (χ1) is 9.70. The van der Waals surface area contributed by atoms with Gasteiger partial charge in [0.1, 0.15) is 24.8 Å². The van der Waals surface area contributed by atoms with Crippen LogP contribution in [0.1, 0.15) is 11.1 Å². The summed E-state index contributed by atoms with van der Waals surface area (Å²) in [6, 6.07) is 11.4. The highest BCUT2D eigenvalue weighted by atomic mass is 35.5. The lowest BCUT2D eigenvalue weighted by Crippen LogP contribution is -2.00. The Morgan fingerprint density at radius 2 is 2.00 bits per heavy atom. The molecule has 0 aliphatic heterocycles. The highest BCUT2D eigenvalue weighted by Gasteiger charge is 2.06. The predicted molar refractivity (Wildman–Crippen MR) is 76.1 cm³/mol. The van der Waals surface area contributed by atoms with Gasteiger partial charge in [0.25, 0.3) is 0 Å². The van der Waals surface area contributed by atoms with Gasteiger partial charge in [0.15, 0.2) is 0 Å². The Labute approximate surface area is 121 Å². The van der Waals surface area contributed by atoms with Crippen molar-refractivity contribution >= 4 is 11.6 Å². The van der Waals surface area contributed by atoms with Crippen molar-refractivity contribution in [1.82, 2.24) is 0 Å². The third kappa shape index (κ3) is 3.74. The maximum atomic E-state index is 13.6. The van der Waals surface area contributed by atoms with Gasteiger partial charge < -0.3 is 9.84 Å². The number of para-hydroxylation sites is 1. The summed E-state index contributed by atoms with van der Waals surface area (Å²) in [5, 5.41) is 9.17. The zero-order valence-electron chi connectivity index (χ0n) is 10.6. The van der Waals surface area contributed by atoms with Gasteiger partial charge in [-0.1, -0.05) is 35.6 Å². The van der Waals surface area contributed by atoms with Crippen molar-refractivity contribution in [2.24, 2.45) is 0 Å². The van der Waals surface area contributed by atoms with Crippen LogP contribution in [0.5, 0.6) is 5.75 Å². The van der Waals surface area contributed by atoms with Crippen LogP contribution in [0.15, 0.2) is 42.5 Å². The third-order valence-electron chi connectivity index (χ3n) is 2.58. The van der Waals surface area contributed by atoms with Crippen LogP contribution >= 0.6 is 11.6 Å². The van der Waals surface area contributed by atoms with Gasteiger partial charge in [0.05, 0.1) is 5.56 Å². The lowest BCUT2D eigenvalue weighted by atomic mass is 10.2. The third-order valence-corrected chi connectivity index (χ3v) is 2.82. The molecule has 0 aliphatic carbocycles. The van der Waals surface area contributed by atoms with Crippen LogP contribution in [-0.2, 0) is 6.61 Å². The Hall–Kier alpha value is -2.02. The number of benzene rings is 2. The Morgan fingerprint density at radius 1 is 1.20 bits per heavy atom. The van der Waals surface area contributed by atoms with Crippen LogP contribution in [0.3, 0.4) is 0 Å². The van der Waals surface area contributed by atoms with Crippen molar-refractivity contribution in [2.45, 2.75) is 6.61 Å². The van der Waals surface area contributed by atoms with Crippen LogP contribution in [-0.4, -0.2) is 11.7 Å². The smallest absolute Gasteiger partial charge is 0.135 e. The van der Waals surface area contributed by atoms with Crippen LogP contribution in [0, 0.1) is 17.7 Å². The summed E-state index contributed by atoms with van der Waals surface area (Å²) < 4.78 is 19.1. The molecule has 0 saturated heterocycles. The number of aliphatic hydroxyl groups is 1. The molecule has 0 unspecified atom stereocenters. The summed E-state index contributed by atoms with van der Waals surface area (Å²) in [6.07, 6.45) is 0. The number of hydrogen-bond donors (Lipinski definition) is 1. The summed E-state index contributed by atoms with van der Waals surface area (Å²) in [6.45, 7) is -0.165. The molecule has 2 rings (SSSR count). The molecule has 0 aromatic heterocycles. The number of ether oxygens (including phenoxy) is 1. The van der Waals surface area contributed by atoms with Crippen LogP contribution in [0.25, 0.3) is 0 Å². The molecule has 0 fully saturated rings. The van der Waals surface area contributed by atoms with Crippen molar-refractivity contribution in [3.8, 4) is 17.6 Å². The molecule has 0 bridgehead atoms. The average Bonchev–Trinajstić information content (AvgIpc) is 2.47. The topological polar surface area (TPSA) is 29.5 Å². The van der Waals surface area contributed by atoms with E-state index >= 15 is 0 Å². The van der Waals surface area contributed by atoms with E-state index in [1.54, 1.807) is 18.2 Å². The van der Waals surface area contributed by atoms with E-state index in [0.29, 0.717) is 21.9 Å². The van der Waals surface area contributed by atoms with Gasteiger partial charge in [0.2, 0.25) is 0 Å². The molecule has 0 heterocycles. The minimum atomic E-state index is -0.367. The van der Waals surface area contributed by atoms with Gasteiger partial charge in [-0.05, 0) is 30.3 Å². The van der Waals surface area contributed by atoms with Gasteiger partial charge in [-0.3, -0.25) is 0 Å². The highest BCUT2D eigenvalue weighted by Crippen LogP contribution is 2.20. The normalized spacial score (nSPS) is 9.75. The second-order valence-electron chi connectivity index (χ2n) is 3.98. The summed E-state index contributed by atoms with van der Waals surface area (Å²) in [5.74, 6) is 5.50. The first-order valence-corrected chi connectivity index (χ1v) is 6.34. The van der Waals surface area contributed by atoms with Gasteiger partial charge >= 0.3 is 0 Å². The molecule has 102 valence electrons. The average molecular weight is 291 g/mol. The number of hydrogen-bond acceptors (Lipinski definition) is 2. The largest absolute Gasteiger partial charge is 0.487 e. The maximum absolute atomic E-state index is 13.6. The lowest BCUT2D eigenvalue weighted by molar-refractivity contribution is 0.299. The number of aliphatic hydroxyl groups excluding tert-OH is 1. The molecule has 2 aromatic carbocycles. The van der Waals surface area contributed by atoms with Crippen molar-refractivity contribution < 1.29 is 14.2 Å². The van der Waals surface area contributed by atoms with Crippen LogP contribution < -0.4 is 4.74 Å². The highest BCUT2D eigenvalue weighted by molar-refractivity contribution is 6.30.